The molecule has 0 amide bonds. The van der Waals surface area contributed by atoms with Crippen molar-refractivity contribution < 1.29 is 14.6 Å². The number of aromatic carboxylic acids is 1. The Kier molecular flexibility index (Phi) is 4.34. The van der Waals surface area contributed by atoms with Gasteiger partial charge in [-0.05, 0) is 31.2 Å². The zero-order valence-electron chi connectivity index (χ0n) is 11.6. The van der Waals surface area contributed by atoms with E-state index in [9.17, 15) is 4.79 Å². The number of thioether (sulfide) groups is 1. The third-order valence-corrected chi connectivity index (χ3v) is 4.00. The van der Waals surface area contributed by atoms with Gasteiger partial charge in [-0.3, -0.25) is 4.68 Å². The standard InChI is InChI=1S/C14H16N2O3S/c1-9-6-13(16(2)15-9)20-8-11-7-10(14(17)18)4-5-12(11)19-3/h4-7H,8H2,1-3H3,(H,17,18). The maximum absolute atomic E-state index is 11.0. The molecule has 1 aromatic carbocycles. The average molecular weight is 292 g/mol. The minimum absolute atomic E-state index is 0.266. The van der Waals surface area contributed by atoms with E-state index in [1.807, 2.05) is 24.7 Å². The SMILES string of the molecule is COc1ccc(C(=O)O)cc1CSc1cc(C)nn1C. The van der Waals surface area contributed by atoms with E-state index in [0.29, 0.717) is 11.5 Å². The second kappa shape index (κ2) is 6.00. The monoisotopic (exact) mass is 292 g/mol. The number of carboxylic acids is 1. The Balaban J connectivity index is 2.21. The molecule has 2 aromatic rings. The Bertz CT molecular complexity index is 637. The van der Waals surface area contributed by atoms with Crippen molar-refractivity contribution in [1.82, 2.24) is 9.78 Å². The minimum Gasteiger partial charge on any atom is -0.496 e. The van der Waals surface area contributed by atoms with Crippen LogP contribution in [-0.4, -0.2) is 28.0 Å². The van der Waals surface area contributed by atoms with E-state index in [-0.39, 0.29) is 5.56 Å². The fraction of sp³-hybridized carbons (Fsp3) is 0.286. The molecule has 0 fully saturated rings. The lowest BCUT2D eigenvalue weighted by Crippen LogP contribution is -1.99. The first-order chi connectivity index (χ1) is 9.51. The number of methoxy groups -OCH3 is 1. The Hall–Kier alpha value is -1.95. The highest BCUT2D eigenvalue weighted by molar-refractivity contribution is 7.98. The zero-order valence-corrected chi connectivity index (χ0v) is 12.4. The van der Waals surface area contributed by atoms with Gasteiger partial charge in [0.2, 0.25) is 0 Å². The first-order valence-corrected chi connectivity index (χ1v) is 7.03. The molecule has 0 aliphatic heterocycles. The summed E-state index contributed by atoms with van der Waals surface area (Å²) in [7, 11) is 3.47. The second-order valence-corrected chi connectivity index (χ2v) is 5.36. The number of benzene rings is 1. The van der Waals surface area contributed by atoms with E-state index < -0.39 is 5.97 Å². The molecule has 0 unspecified atom stereocenters. The molecule has 106 valence electrons. The summed E-state index contributed by atoms with van der Waals surface area (Å²) in [5.41, 5.74) is 2.08. The highest BCUT2D eigenvalue weighted by Crippen LogP contribution is 2.29. The fourth-order valence-electron chi connectivity index (χ4n) is 1.90. The number of nitrogens with zero attached hydrogens (tertiary/aromatic N) is 2. The predicted molar refractivity (Wildman–Crippen MR) is 77.5 cm³/mol. The molecule has 20 heavy (non-hydrogen) atoms. The highest BCUT2D eigenvalue weighted by Gasteiger charge is 2.11. The molecule has 1 N–H and O–H groups in total. The van der Waals surface area contributed by atoms with Crippen LogP contribution in [0, 0.1) is 6.92 Å². The summed E-state index contributed by atoms with van der Waals surface area (Å²) in [4.78, 5) is 11.0. The molecule has 0 saturated heterocycles. The molecule has 0 radical (unpaired) electrons. The predicted octanol–water partition coefficient (Wildman–Crippen LogP) is 2.73. The van der Waals surface area contributed by atoms with Crippen LogP contribution in [0.2, 0.25) is 0 Å². The van der Waals surface area contributed by atoms with Gasteiger partial charge < -0.3 is 9.84 Å². The van der Waals surface area contributed by atoms with Crippen LogP contribution in [0.4, 0.5) is 0 Å². The smallest absolute Gasteiger partial charge is 0.335 e. The van der Waals surface area contributed by atoms with Gasteiger partial charge in [-0.15, -0.1) is 11.8 Å². The maximum Gasteiger partial charge on any atom is 0.335 e. The highest BCUT2D eigenvalue weighted by atomic mass is 32.2. The van der Waals surface area contributed by atoms with E-state index in [1.165, 1.54) is 0 Å². The van der Waals surface area contributed by atoms with E-state index in [2.05, 4.69) is 5.10 Å². The maximum atomic E-state index is 11.0. The Morgan fingerprint density at radius 2 is 2.20 bits per heavy atom. The molecule has 1 aromatic heterocycles. The molecule has 1 heterocycles. The van der Waals surface area contributed by atoms with E-state index in [1.54, 1.807) is 37.1 Å². The van der Waals surface area contributed by atoms with Crippen LogP contribution in [0.15, 0.2) is 29.3 Å². The molecule has 0 aliphatic rings. The number of aryl methyl sites for hydroxylation is 2. The molecule has 0 atom stereocenters. The summed E-state index contributed by atoms with van der Waals surface area (Å²) in [6.07, 6.45) is 0. The van der Waals surface area contributed by atoms with Crippen molar-refractivity contribution in [2.75, 3.05) is 7.11 Å². The summed E-state index contributed by atoms with van der Waals surface area (Å²) in [5, 5.41) is 14.4. The van der Waals surface area contributed by atoms with Gasteiger partial charge in [0, 0.05) is 18.4 Å². The third-order valence-electron chi connectivity index (χ3n) is 2.86. The van der Waals surface area contributed by atoms with Gasteiger partial charge in [-0.2, -0.15) is 5.10 Å². The van der Waals surface area contributed by atoms with Crippen LogP contribution < -0.4 is 4.74 Å². The summed E-state index contributed by atoms with van der Waals surface area (Å²) in [5.74, 6) is 0.389. The van der Waals surface area contributed by atoms with Gasteiger partial charge in [-0.25, -0.2) is 4.79 Å². The number of hydrogen-bond acceptors (Lipinski definition) is 4. The number of rotatable bonds is 5. The summed E-state index contributed by atoms with van der Waals surface area (Å²) in [6.45, 7) is 1.94. The van der Waals surface area contributed by atoms with Gasteiger partial charge in [0.25, 0.3) is 0 Å². The number of ether oxygens (including phenoxy) is 1. The normalized spacial score (nSPS) is 10.6. The lowest BCUT2D eigenvalue weighted by Gasteiger charge is -2.09. The first-order valence-electron chi connectivity index (χ1n) is 6.05. The lowest BCUT2D eigenvalue weighted by atomic mass is 10.1. The average Bonchev–Trinajstić information content (AvgIpc) is 2.74. The third kappa shape index (κ3) is 3.14. The molecule has 0 spiro atoms. The minimum atomic E-state index is -0.935. The van der Waals surface area contributed by atoms with Crippen LogP contribution in [0.5, 0.6) is 5.75 Å². The number of carbonyl (C=O) groups is 1. The van der Waals surface area contributed by atoms with E-state index in [4.69, 9.17) is 9.84 Å². The van der Waals surface area contributed by atoms with Crippen LogP contribution in [0.25, 0.3) is 0 Å². The van der Waals surface area contributed by atoms with Crippen molar-refractivity contribution in [3.8, 4) is 5.75 Å². The number of aromatic nitrogens is 2. The molecule has 2 rings (SSSR count). The Labute approximate surface area is 121 Å². The lowest BCUT2D eigenvalue weighted by molar-refractivity contribution is 0.0696. The summed E-state index contributed by atoms with van der Waals surface area (Å²) < 4.78 is 7.09. The van der Waals surface area contributed by atoms with Crippen LogP contribution in [-0.2, 0) is 12.8 Å². The van der Waals surface area contributed by atoms with Gasteiger partial charge in [0.15, 0.2) is 0 Å². The molecular formula is C14H16N2O3S. The molecular weight excluding hydrogens is 276 g/mol. The van der Waals surface area contributed by atoms with Crippen molar-refractivity contribution in [1.29, 1.82) is 0 Å². The molecule has 0 saturated carbocycles. The van der Waals surface area contributed by atoms with E-state index in [0.717, 1.165) is 16.3 Å². The first kappa shape index (κ1) is 14.5. The largest absolute Gasteiger partial charge is 0.496 e. The van der Waals surface area contributed by atoms with Crippen LogP contribution in [0.3, 0.4) is 0 Å². The molecule has 5 nitrogen and oxygen atoms in total. The summed E-state index contributed by atoms with van der Waals surface area (Å²) in [6, 6.07) is 6.88. The van der Waals surface area contributed by atoms with E-state index >= 15 is 0 Å². The van der Waals surface area contributed by atoms with Crippen molar-refractivity contribution in [3.63, 3.8) is 0 Å². The Morgan fingerprint density at radius 3 is 2.75 bits per heavy atom. The summed E-state index contributed by atoms with van der Waals surface area (Å²) >= 11 is 1.60. The Morgan fingerprint density at radius 1 is 1.45 bits per heavy atom. The van der Waals surface area contributed by atoms with Crippen molar-refractivity contribution in [2.45, 2.75) is 17.7 Å². The van der Waals surface area contributed by atoms with Crippen molar-refractivity contribution in [3.05, 3.63) is 41.1 Å². The van der Waals surface area contributed by atoms with Crippen molar-refractivity contribution >= 4 is 17.7 Å². The van der Waals surface area contributed by atoms with Crippen LogP contribution >= 0.6 is 11.8 Å². The quantitative estimate of drug-likeness (QED) is 0.858. The molecule has 0 bridgehead atoms. The molecule has 6 heteroatoms. The van der Waals surface area contributed by atoms with Crippen molar-refractivity contribution in [2.24, 2.45) is 7.05 Å². The van der Waals surface area contributed by atoms with Gasteiger partial charge in [0.1, 0.15) is 5.75 Å². The topological polar surface area (TPSA) is 64.3 Å². The van der Waals surface area contributed by atoms with Gasteiger partial charge in [0.05, 0.1) is 23.4 Å². The second-order valence-electron chi connectivity index (χ2n) is 4.37. The molecule has 0 aliphatic carbocycles. The van der Waals surface area contributed by atoms with Gasteiger partial charge in [-0.1, -0.05) is 0 Å². The number of hydrogen-bond donors (Lipinski definition) is 1. The zero-order chi connectivity index (χ0) is 14.7. The van der Waals surface area contributed by atoms with Gasteiger partial charge >= 0.3 is 5.97 Å². The van der Waals surface area contributed by atoms with Crippen LogP contribution in [0.1, 0.15) is 21.6 Å². The number of carboxylic acid groups (broad SMARTS) is 1. The fourth-order valence-corrected chi connectivity index (χ4v) is 2.91.